The van der Waals surface area contributed by atoms with Gasteiger partial charge >= 0.3 is 0 Å². The summed E-state index contributed by atoms with van der Waals surface area (Å²) >= 11 is 6.13. The highest BCUT2D eigenvalue weighted by molar-refractivity contribution is 6.32. The molecule has 5 saturated heterocycles. The average Bonchev–Trinajstić information content (AvgIpc) is 3.90. The second kappa shape index (κ2) is 17.7. The molecule has 6 aliphatic heterocycles. The Morgan fingerprint density at radius 1 is 0.817 bits per heavy atom. The van der Waals surface area contributed by atoms with Crippen LogP contribution in [0.25, 0.3) is 0 Å². The molecule has 6 heterocycles. The van der Waals surface area contributed by atoms with Gasteiger partial charge in [-0.1, -0.05) is 11.6 Å². The van der Waals surface area contributed by atoms with Crippen LogP contribution in [-0.4, -0.2) is 123 Å². The quantitative estimate of drug-likeness (QED) is 0.237. The summed E-state index contributed by atoms with van der Waals surface area (Å²) in [5.74, 6) is 0.899. The predicted octanol–water partition coefficient (Wildman–Crippen LogP) is 5.18. The van der Waals surface area contributed by atoms with E-state index in [-0.39, 0.29) is 24.9 Å². The first-order valence-electron chi connectivity index (χ1n) is 21.2. The number of likely N-dealkylation sites (tertiary alicyclic amines) is 2. The number of halogens is 1. The molecule has 6 aliphatic rings. The molecule has 13 nitrogen and oxygen atoms in total. The third-order valence-corrected chi connectivity index (χ3v) is 13.8. The van der Waals surface area contributed by atoms with E-state index in [9.17, 15) is 24.0 Å². The summed E-state index contributed by atoms with van der Waals surface area (Å²) < 4.78 is 5.99. The zero-order chi connectivity index (χ0) is 42.1. The number of carbonyl (C=O) groups excluding carboxylic acids is 5. The second-order valence-electron chi connectivity index (χ2n) is 17.2. The first-order valence-corrected chi connectivity index (χ1v) is 21.5. The summed E-state index contributed by atoms with van der Waals surface area (Å²) in [7, 11) is 2.13. The summed E-state index contributed by atoms with van der Waals surface area (Å²) in [5, 5.41) is 11.6. The van der Waals surface area contributed by atoms with Crippen LogP contribution in [0.5, 0.6) is 5.75 Å². The van der Waals surface area contributed by atoms with Crippen LogP contribution < -0.4 is 19.9 Å². The largest absolute Gasteiger partial charge is 0.490 e. The Morgan fingerprint density at radius 3 is 2.13 bits per heavy atom. The molecule has 0 spiro atoms. The number of nitrogens with zero attached hydrogens (tertiary/aromatic N) is 6. The highest BCUT2D eigenvalue weighted by Crippen LogP contribution is 2.37. The molecule has 3 unspecified atom stereocenters. The molecule has 0 radical (unpaired) electrons. The number of hydrogen-bond acceptors (Lipinski definition) is 11. The molecule has 0 bridgehead atoms. The van der Waals surface area contributed by atoms with Crippen LogP contribution >= 0.6 is 11.6 Å². The van der Waals surface area contributed by atoms with Gasteiger partial charge in [-0.05, 0) is 118 Å². The van der Waals surface area contributed by atoms with E-state index in [1.165, 1.54) is 5.69 Å². The van der Waals surface area contributed by atoms with E-state index in [0.29, 0.717) is 45.0 Å². The number of anilines is 2. The van der Waals surface area contributed by atoms with Gasteiger partial charge in [0.15, 0.2) is 0 Å². The summed E-state index contributed by atoms with van der Waals surface area (Å²) in [5.41, 5.74) is 4.86. The molecule has 314 valence electrons. The molecule has 0 aromatic heterocycles. The van der Waals surface area contributed by atoms with Crippen molar-refractivity contribution in [3.63, 3.8) is 0 Å². The number of ether oxygens (including phenoxy) is 1. The van der Waals surface area contributed by atoms with E-state index in [1.54, 1.807) is 18.2 Å². The van der Waals surface area contributed by atoms with E-state index in [0.717, 1.165) is 113 Å². The third-order valence-electron chi connectivity index (χ3n) is 13.3. The van der Waals surface area contributed by atoms with Crippen molar-refractivity contribution in [3.8, 4) is 11.8 Å². The molecule has 14 heteroatoms. The first kappa shape index (κ1) is 41.4. The normalized spacial score (nSPS) is 23.8. The van der Waals surface area contributed by atoms with Gasteiger partial charge < -0.3 is 24.3 Å². The number of nitriles is 1. The minimum atomic E-state index is -0.947. The van der Waals surface area contributed by atoms with Gasteiger partial charge in [0.1, 0.15) is 30.3 Å². The Kier molecular flexibility index (Phi) is 12.3. The molecule has 9 rings (SSSR count). The lowest BCUT2D eigenvalue weighted by atomic mass is 9.95. The lowest BCUT2D eigenvalue weighted by Crippen LogP contribution is -2.54. The zero-order valence-corrected chi connectivity index (χ0v) is 35.0. The van der Waals surface area contributed by atoms with Gasteiger partial charge in [-0.15, -0.1) is 0 Å². The summed E-state index contributed by atoms with van der Waals surface area (Å²) in [6.07, 6.45) is 5.63. The van der Waals surface area contributed by atoms with Crippen LogP contribution in [0.15, 0.2) is 54.6 Å². The molecule has 0 aliphatic carbocycles. The van der Waals surface area contributed by atoms with Crippen molar-refractivity contribution in [2.45, 2.75) is 57.6 Å². The molecule has 5 fully saturated rings. The number of hydrogen-bond donors (Lipinski definition) is 1. The molecule has 1 N–H and O–H groups in total. The molecule has 4 amide bonds. The van der Waals surface area contributed by atoms with E-state index in [2.05, 4.69) is 50.2 Å². The van der Waals surface area contributed by atoms with Crippen molar-refractivity contribution in [1.82, 2.24) is 20.0 Å². The van der Waals surface area contributed by atoms with Gasteiger partial charge in [-0.25, -0.2) is 0 Å². The number of aldehydes is 1. The highest BCUT2D eigenvalue weighted by atomic mass is 35.5. The minimum absolute atomic E-state index is 0.110. The van der Waals surface area contributed by atoms with E-state index < -0.39 is 23.8 Å². The lowest BCUT2D eigenvalue weighted by Gasteiger charge is -2.35. The number of fused-ring (bicyclic) bond motifs is 2. The van der Waals surface area contributed by atoms with Crippen molar-refractivity contribution in [2.75, 3.05) is 75.8 Å². The van der Waals surface area contributed by atoms with Gasteiger partial charge in [-0.3, -0.25) is 34.2 Å². The Labute approximate surface area is 356 Å². The lowest BCUT2D eigenvalue weighted by molar-refractivity contribution is -0.136. The van der Waals surface area contributed by atoms with Gasteiger partial charge in [0.25, 0.3) is 11.8 Å². The SMILES string of the molecule is Cc1c(OC2CCN(C)CC2)ccc(C#N)c1Cl.O=Cc1ccc(N2CC3CN(CC4CCN(c5ccc6c(c5)C(=O)N(C5CCC(=O)NC5=O)C6=O)CC4)CC3C2)cc1. The van der Waals surface area contributed by atoms with Crippen LogP contribution in [0.1, 0.15) is 80.7 Å². The number of imide groups is 2. The number of piperidine rings is 3. The molecule has 3 aromatic rings. The first-order chi connectivity index (χ1) is 29.0. The van der Waals surface area contributed by atoms with Crippen molar-refractivity contribution in [1.29, 1.82) is 5.26 Å². The number of benzene rings is 3. The van der Waals surface area contributed by atoms with Crippen molar-refractivity contribution in [3.05, 3.63) is 87.4 Å². The molecule has 0 saturated carbocycles. The van der Waals surface area contributed by atoms with Gasteiger partial charge in [0.05, 0.1) is 21.7 Å². The van der Waals surface area contributed by atoms with E-state index in [4.69, 9.17) is 21.6 Å². The molecule has 3 aromatic carbocycles. The highest BCUT2D eigenvalue weighted by Gasteiger charge is 2.45. The summed E-state index contributed by atoms with van der Waals surface area (Å²) in [6, 6.07) is 18.0. The van der Waals surface area contributed by atoms with Crippen LogP contribution in [0.2, 0.25) is 5.02 Å². The maximum absolute atomic E-state index is 13.2. The Balaban J connectivity index is 0.000000232. The smallest absolute Gasteiger partial charge is 0.262 e. The Bertz CT molecular complexity index is 2180. The fourth-order valence-electron chi connectivity index (χ4n) is 9.77. The van der Waals surface area contributed by atoms with Gasteiger partial charge in [0.2, 0.25) is 11.8 Å². The van der Waals surface area contributed by atoms with Crippen LogP contribution in [0.3, 0.4) is 0 Å². The van der Waals surface area contributed by atoms with Crippen LogP contribution in [0.4, 0.5) is 11.4 Å². The second-order valence-corrected chi connectivity index (χ2v) is 17.6. The summed E-state index contributed by atoms with van der Waals surface area (Å²) in [4.78, 5) is 71.8. The fourth-order valence-corrected chi connectivity index (χ4v) is 9.97. The topological polar surface area (TPSA) is 147 Å². The predicted molar refractivity (Wildman–Crippen MR) is 228 cm³/mol. The maximum Gasteiger partial charge on any atom is 0.262 e. The average molecular weight is 834 g/mol. The van der Waals surface area contributed by atoms with Gasteiger partial charge in [-0.2, -0.15) is 5.26 Å². The number of amides is 4. The number of rotatable bonds is 8. The van der Waals surface area contributed by atoms with Crippen molar-refractivity contribution < 1.29 is 28.7 Å². The molecule has 60 heavy (non-hydrogen) atoms. The minimum Gasteiger partial charge on any atom is -0.490 e. The third kappa shape index (κ3) is 8.64. The van der Waals surface area contributed by atoms with Crippen LogP contribution in [0, 0.1) is 36.0 Å². The van der Waals surface area contributed by atoms with E-state index in [1.807, 2.05) is 31.2 Å². The number of carbonyl (C=O) groups is 5. The van der Waals surface area contributed by atoms with Crippen LogP contribution in [-0.2, 0) is 9.59 Å². The number of nitrogens with one attached hydrogen (secondary N) is 1. The van der Waals surface area contributed by atoms with E-state index >= 15 is 0 Å². The standard InChI is InChI=1S/C32H35N5O5.C14H17ClN2O/c38-19-21-1-3-24(4-2-21)36-17-22-15-34(16-23(22)18-36)14-20-9-11-35(12-10-20)25-5-6-26-27(13-25)32(42)37(31(26)41)28-7-8-29(39)33-30(28)40;1-10-13(4-3-11(9-16)14(10)15)18-12-5-7-17(2)8-6-12/h1-6,13,19-20,22-23,28H,7-12,14-18H2,(H,33,39,40);3-4,12H,5-8H2,1-2H3. The fraction of sp³-hybridized carbons (Fsp3) is 0.478. The van der Waals surface area contributed by atoms with Gasteiger partial charge in [0, 0.05) is 87.8 Å². The Hall–Kier alpha value is -5.29. The monoisotopic (exact) mass is 833 g/mol. The zero-order valence-electron chi connectivity index (χ0n) is 34.3. The molecule has 3 atom stereocenters. The molecular formula is C46H52ClN7O6. The van der Waals surface area contributed by atoms with Crippen molar-refractivity contribution in [2.24, 2.45) is 17.8 Å². The molecular weight excluding hydrogens is 782 g/mol. The maximum atomic E-state index is 13.2. The summed E-state index contributed by atoms with van der Waals surface area (Å²) in [6.45, 7) is 11.3. The Morgan fingerprint density at radius 2 is 1.48 bits per heavy atom. The van der Waals surface area contributed by atoms with Crippen molar-refractivity contribution >= 4 is 52.9 Å².